The SMILES string of the molecule is CCCCCCCCCCCCCCCCCCCCC1=NC(CC)CO1. The normalized spacial score (nSPS) is 16.5. The van der Waals surface area contributed by atoms with Crippen molar-refractivity contribution in [1.82, 2.24) is 0 Å². The molecular weight excluding hydrogens is 330 g/mol. The number of hydrogen-bond donors (Lipinski definition) is 0. The Balaban J connectivity index is 1.69. The first-order valence-corrected chi connectivity index (χ1v) is 12.6. The molecule has 1 heterocycles. The molecule has 0 aromatic carbocycles. The fraction of sp³-hybridized carbons (Fsp3) is 0.960. The Labute approximate surface area is 171 Å². The lowest BCUT2D eigenvalue weighted by molar-refractivity contribution is 0.306. The maximum Gasteiger partial charge on any atom is 0.183 e. The first-order valence-electron chi connectivity index (χ1n) is 12.6. The van der Waals surface area contributed by atoms with Gasteiger partial charge in [-0.2, -0.15) is 0 Å². The van der Waals surface area contributed by atoms with Crippen molar-refractivity contribution in [3.05, 3.63) is 0 Å². The third-order valence-corrected chi connectivity index (χ3v) is 5.98. The van der Waals surface area contributed by atoms with Gasteiger partial charge in [0, 0.05) is 6.42 Å². The van der Waals surface area contributed by atoms with Crippen molar-refractivity contribution in [3.63, 3.8) is 0 Å². The van der Waals surface area contributed by atoms with Crippen LogP contribution in [-0.2, 0) is 4.74 Å². The Kier molecular flexibility index (Phi) is 17.1. The zero-order chi connectivity index (χ0) is 19.4. The molecule has 0 N–H and O–H groups in total. The molecule has 0 bridgehead atoms. The van der Waals surface area contributed by atoms with Gasteiger partial charge in [-0.1, -0.05) is 123 Å². The number of nitrogens with zero attached hydrogens (tertiary/aromatic N) is 1. The van der Waals surface area contributed by atoms with Gasteiger partial charge >= 0.3 is 0 Å². The standard InChI is InChI=1S/C25H49NO/c1-3-5-6-7-8-9-10-11-12-13-14-15-16-17-18-19-20-21-22-25-26-24(4-2)23-27-25/h24H,3-23H2,1-2H3. The number of rotatable bonds is 20. The highest BCUT2D eigenvalue weighted by Gasteiger charge is 2.15. The summed E-state index contributed by atoms with van der Waals surface area (Å²) in [5, 5.41) is 0. The van der Waals surface area contributed by atoms with E-state index < -0.39 is 0 Å². The fourth-order valence-corrected chi connectivity index (χ4v) is 3.99. The second-order valence-electron chi connectivity index (χ2n) is 8.66. The third-order valence-electron chi connectivity index (χ3n) is 5.98. The van der Waals surface area contributed by atoms with Gasteiger partial charge in [0.25, 0.3) is 0 Å². The van der Waals surface area contributed by atoms with Crippen LogP contribution in [0.1, 0.15) is 142 Å². The van der Waals surface area contributed by atoms with Crippen LogP contribution in [0.15, 0.2) is 4.99 Å². The van der Waals surface area contributed by atoms with E-state index in [1.807, 2.05) is 0 Å². The Bertz CT molecular complexity index is 339. The van der Waals surface area contributed by atoms with Crippen LogP contribution in [0.2, 0.25) is 0 Å². The first kappa shape index (κ1) is 24.5. The van der Waals surface area contributed by atoms with Crippen LogP contribution >= 0.6 is 0 Å². The van der Waals surface area contributed by atoms with Crippen LogP contribution in [0.4, 0.5) is 0 Å². The number of unbranched alkanes of at least 4 members (excludes halogenated alkanes) is 17. The van der Waals surface area contributed by atoms with E-state index in [9.17, 15) is 0 Å². The van der Waals surface area contributed by atoms with Crippen LogP contribution in [-0.4, -0.2) is 18.5 Å². The third kappa shape index (κ3) is 15.1. The molecule has 2 nitrogen and oxygen atoms in total. The predicted molar refractivity (Wildman–Crippen MR) is 121 cm³/mol. The van der Waals surface area contributed by atoms with E-state index in [1.165, 1.54) is 116 Å². The maximum atomic E-state index is 5.64. The Morgan fingerprint density at radius 2 is 1.04 bits per heavy atom. The molecule has 0 fully saturated rings. The Morgan fingerprint density at radius 3 is 1.41 bits per heavy atom. The summed E-state index contributed by atoms with van der Waals surface area (Å²) in [5.41, 5.74) is 0. The zero-order valence-corrected chi connectivity index (χ0v) is 18.8. The van der Waals surface area contributed by atoms with Gasteiger partial charge in [-0.05, 0) is 12.8 Å². The minimum Gasteiger partial charge on any atom is -0.479 e. The van der Waals surface area contributed by atoms with E-state index in [2.05, 4.69) is 18.8 Å². The summed E-state index contributed by atoms with van der Waals surface area (Å²) < 4.78 is 5.64. The van der Waals surface area contributed by atoms with Crippen LogP contribution in [0.25, 0.3) is 0 Å². The molecule has 2 heteroatoms. The largest absolute Gasteiger partial charge is 0.479 e. The molecule has 1 atom stereocenters. The number of ether oxygens (including phenoxy) is 1. The highest BCUT2D eigenvalue weighted by Crippen LogP contribution is 2.16. The summed E-state index contributed by atoms with van der Waals surface area (Å²) in [7, 11) is 0. The average Bonchev–Trinajstić information content (AvgIpc) is 3.15. The Hall–Kier alpha value is -0.530. The predicted octanol–water partition coefficient (Wildman–Crippen LogP) is 8.63. The molecule has 0 amide bonds. The van der Waals surface area contributed by atoms with E-state index in [0.29, 0.717) is 6.04 Å². The molecule has 1 aliphatic rings. The summed E-state index contributed by atoms with van der Waals surface area (Å²) in [6.07, 6.45) is 28.0. The lowest BCUT2D eigenvalue weighted by Gasteiger charge is -2.04. The molecule has 1 aliphatic heterocycles. The van der Waals surface area contributed by atoms with E-state index in [0.717, 1.165) is 25.3 Å². The quantitative estimate of drug-likeness (QED) is 0.194. The maximum absolute atomic E-state index is 5.64. The van der Waals surface area contributed by atoms with Crippen LogP contribution in [0, 0.1) is 0 Å². The van der Waals surface area contributed by atoms with Gasteiger partial charge in [0.1, 0.15) is 6.61 Å². The molecular formula is C25H49NO. The minimum atomic E-state index is 0.440. The van der Waals surface area contributed by atoms with E-state index >= 15 is 0 Å². The second kappa shape index (κ2) is 18.8. The molecule has 0 radical (unpaired) electrons. The monoisotopic (exact) mass is 379 g/mol. The molecule has 160 valence electrons. The molecule has 0 aromatic rings. The van der Waals surface area contributed by atoms with Crippen LogP contribution in [0.5, 0.6) is 0 Å². The van der Waals surface area contributed by atoms with Crippen LogP contribution < -0.4 is 0 Å². The van der Waals surface area contributed by atoms with Crippen molar-refractivity contribution >= 4 is 5.90 Å². The van der Waals surface area contributed by atoms with Crippen molar-refractivity contribution < 1.29 is 4.74 Å². The van der Waals surface area contributed by atoms with Gasteiger partial charge in [0.15, 0.2) is 5.90 Å². The van der Waals surface area contributed by atoms with Crippen LogP contribution in [0.3, 0.4) is 0 Å². The molecule has 0 spiro atoms. The minimum absolute atomic E-state index is 0.440. The fourth-order valence-electron chi connectivity index (χ4n) is 3.99. The smallest absolute Gasteiger partial charge is 0.183 e. The van der Waals surface area contributed by atoms with Crippen molar-refractivity contribution in [3.8, 4) is 0 Å². The first-order chi connectivity index (χ1) is 13.4. The summed E-state index contributed by atoms with van der Waals surface area (Å²) in [6.45, 7) is 5.31. The van der Waals surface area contributed by atoms with E-state index in [-0.39, 0.29) is 0 Å². The molecule has 27 heavy (non-hydrogen) atoms. The summed E-state index contributed by atoms with van der Waals surface area (Å²) in [6, 6.07) is 0.440. The molecule has 0 aliphatic carbocycles. The summed E-state index contributed by atoms with van der Waals surface area (Å²) >= 11 is 0. The van der Waals surface area contributed by atoms with Gasteiger partial charge in [-0.25, -0.2) is 4.99 Å². The van der Waals surface area contributed by atoms with Gasteiger partial charge in [-0.3, -0.25) is 0 Å². The molecule has 0 saturated carbocycles. The van der Waals surface area contributed by atoms with E-state index in [1.54, 1.807) is 0 Å². The van der Waals surface area contributed by atoms with E-state index in [4.69, 9.17) is 4.74 Å². The van der Waals surface area contributed by atoms with Gasteiger partial charge in [0.05, 0.1) is 6.04 Å². The zero-order valence-electron chi connectivity index (χ0n) is 18.8. The molecule has 0 saturated heterocycles. The molecule has 0 aromatic heterocycles. The lowest BCUT2D eigenvalue weighted by atomic mass is 10.0. The van der Waals surface area contributed by atoms with Crippen molar-refractivity contribution in [1.29, 1.82) is 0 Å². The van der Waals surface area contributed by atoms with Gasteiger partial charge in [-0.15, -0.1) is 0 Å². The van der Waals surface area contributed by atoms with Crippen molar-refractivity contribution in [2.45, 2.75) is 148 Å². The summed E-state index contributed by atoms with van der Waals surface area (Å²) in [4.78, 5) is 4.61. The number of aliphatic imine (C=N–C) groups is 1. The molecule has 1 rings (SSSR count). The number of hydrogen-bond acceptors (Lipinski definition) is 2. The highest BCUT2D eigenvalue weighted by molar-refractivity contribution is 5.77. The lowest BCUT2D eigenvalue weighted by Crippen LogP contribution is -2.03. The van der Waals surface area contributed by atoms with Crippen molar-refractivity contribution in [2.75, 3.05) is 6.61 Å². The summed E-state index contributed by atoms with van der Waals surface area (Å²) in [5.74, 6) is 1.03. The topological polar surface area (TPSA) is 21.6 Å². The second-order valence-corrected chi connectivity index (χ2v) is 8.66. The average molecular weight is 380 g/mol. The van der Waals surface area contributed by atoms with Gasteiger partial charge in [0.2, 0.25) is 0 Å². The Morgan fingerprint density at radius 1 is 0.630 bits per heavy atom. The molecule has 1 unspecified atom stereocenters. The highest BCUT2D eigenvalue weighted by atomic mass is 16.5. The van der Waals surface area contributed by atoms with Gasteiger partial charge < -0.3 is 4.74 Å². The van der Waals surface area contributed by atoms with Crippen molar-refractivity contribution in [2.24, 2.45) is 4.99 Å².